The molecule has 2 aromatic rings. The lowest BCUT2D eigenvalue weighted by Crippen LogP contribution is -2.28. The van der Waals surface area contributed by atoms with Gasteiger partial charge in [-0.2, -0.15) is 5.10 Å². The lowest BCUT2D eigenvalue weighted by atomic mass is 10.1. The number of nitrogens with zero attached hydrogens (tertiary/aromatic N) is 2. The first-order valence-electron chi connectivity index (χ1n) is 6.89. The van der Waals surface area contributed by atoms with Crippen molar-refractivity contribution in [3.8, 4) is 5.75 Å². The Morgan fingerprint density at radius 3 is 3.05 bits per heavy atom. The minimum atomic E-state index is -0.211. The molecule has 2 N–H and O–H groups in total. The molecule has 0 fully saturated rings. The molecular weight excluding hydrogens is 284 g/mol. The molecule has 114 valence electrons. The Kier molecular flexibility index (Phi) is 3.54. The summed E-state index contributed by atoms with van der Waals surface area (Å²) in [5.41, 5.74) is 2.00. The molecular formula is C15H16N4O3. The van der Waals surface area contributed by atoms with Gasteiger partial charge in [0.2, 0.25) is 0 Å². The molecule has 0 spiro atoms. The molecule has 7 nitrogen and oxygen atoms in total. The first-order valence-corrected chi connectivity index (χ1v) is 6.89. The molecule has 0 saturated heterocycles. The maximum atomic E-state index is 12.1. The van der Waals surface area contributed by atoms with Gasteiger partial charge in [0.05, 0.1) is 23.5 Å². The lowest BCUT2D eigenvalue weighted by molar-refractivity contribution is -0.118. The molecule has 2 heterocycles. The van der Waals surface area contributed by atoms with Crippen molar-refractivity contribution in [3.63, 3.8) is 0 Å². The smallest absolute Gasteiger partial charge is 0.262 e. The van der Waals surface area contributed by atoms with Crippen molar-refractivity contribution in [2.45, 2.75) is 13.0 Å². The Hall–Kier alpha value is -2.83. The summed E-state index contributed by atoms with van der Waals surface area (Å²) in [6.45, 7) is 1.90. The van der Waals surface area contributed by atoms with Crippen molar-refractivity contribution in [1.82, 2.24) is 15.1 Å². The van der Waals surface area contributed by atoms with Gasteiger partial charge in [0.15, 0.2) is 6.61 Å². The third-order valence-corrected chi connectivity index (χ3v) is 3.45. The molecule has 0 radical (unpaired) electrons. The van der Waals surface area contributed by atoms with Crippen LogP contribution in [-0.4, -0.2) is 28.2 Å². The van der Waals surface area contributed by atoms with Gasteiger partial charge < -0.3 is 15.4 Å². The Labute approximate surface area is 127 Å². The molecule has 1 aromatic heterocycles. The van der Waals surface area contributed by atoms with Crippen LogP contribution in [0.3, 0.4) is 0 Å². The molecule has 3 rings (SSSR count). The summed E-state index contributed by atoms with van der Waals surface area (Å²) < 4.78 is 6.89. The van der Waals surface area contributed by atoms with Crippen LogP contribution in [0.15, 0.2) is 30.6 Å². The van der Waals surface area contributed by atoms with Crippen molar-refractivity contribution in [2.75, 3.05) is 11.9 Å². The van der Waals surface area contributed by atoms with E-state index in [1.54, 1.807) is 30.1 Å². The summed E-state index contributed by atoms with van der Waals surface area (Å²) in [4.78, 5) is 23.5. The summed E-state index contributed by atoms with van der Waals surface area (Å²) in [7, 11) is 1.76. The van der Waals surface area contributed by atoms with Crippen molar-refractivity contribution >= 4 is 17.5 Å². The largest absolute Gasteiger partial charge is 0.482 e. The van der Waals surface area contributed by atoms with Crippen molar-refractivity contribution < 1.29 is 14.3 Å². The topological polar surface area (TPSA) is 85.3 Å². The number of aromatic nitrogens is 2. The van der Waals surface area contributed by atoms with E-state index < -0.39 is 0 Å². The van der Waals surface area contributed by atoms with E-state index in [2.05, 4.69) is 15.7 Å². The van der Waals surface area contributed by atoms with E-state index >= 15 is 0 Å². The van der Waals surface area contributed by atoms with E-state index in [0.29, 0.717) is 17.0 Å². The van der Waals surface area contributed by atoms with Crippen molar-refractivity contribution in [1.29, 1.82) is 0 Å². The fourth-order valence-corrected chi connectivity index (χ4v) is 2.27. The molecule has 1 atom stereocenters. The average Bonchev–Trinajstić information content (AvgIpc) is 2.93. The molecule has 0 saturated carbocycles. The van der Waals surface area contributed by atoms with Crippen LogP contribution >= 0.6 is 0 Å². The number of carbonyl (C=O) groups is 2. The molecule has 1 aliphatic rings. The first-order chi connectivity index (χ1) is 10.5. The van der Waals surface area contributed by atoms with Crippen LogP contribution in [0.25, 0.3) is 0 Å². The van der Waals surface area contributed by atoms with Gasteiger partial charge in [-0.15, -0.1) is 0 Å². The maximum Gasteiger partial charge on any atom is 0.262 e. The van der Waals surface area contributed by atoms with Crippen molar-refractivity contribution in [2.24, 2.45) is 7.05 Å². The van der Waals surface area contributed by atoms with Gasteiger partial charge in [-0.3, -0.25) is 14.3 Å². The van der Waals surface area contributed by atoms with Gasteiger partial charge in [0, 0.05) is 13.2 Å². The van der Waals surface area contributed by atoms with Crippen LogP contribution in [0.1, 0.15) is 28.9 Å². The number of nitrogens with one attached hydrogen (secondary N) is 2. The third kappa shape index (κ3) is 2.78. The predicted octanol–water partition coefficient (Wildman–Crippen LogP) is 1.24. The second-order valence-electron chi connectivity index (χ2n) is 5.19. The minimum Gasteiger partial charge on any atom is -0.482 e. The number of rotatable bonds is 3. The third-order valence-electron chi connectivity index (χ3n) is 3.45. The quantitative estimate of drug-likeness (QED) is 0.893. The van der Waals surface area contributed by atoms with Gasteiger partial charge in [0.25, 0.3) is 11.8 Å². The molecule has 1 aliphatic heterocycles. The molecule has 7 heteroatoms. The van der Waals surface area contributed by atoms with Crippen LogP contribution in [0, 0.1) is 0 Å². The second kappa shape index (κ2) is 5.51. The summed E-state index contributed by atoms with van der Waals surface area (Å²) in [5, 5.41) is 9.63. The molecule has 0 bridgehead atoms. The summed E-state index contributed by atoms with van der Waals surface area (Å²) >= 11 is 0. The fraction of sp³-hybridized carbons (Fsp3) is 0.267. The number of fused-ring (bicyclic) bond motifs is 1. The van der Waals surface area contributed by atoms with Gasteiger partial charge in [-0.05, 0) is 24.6 Å². The van der Waals surface area contributed by atoms with E-state index in [-0.39, 0.29) is 24.5 Å². The van der Waals surface area contributed by atoms with Crippen LogP contribution < -0.4 is 15.4 Å². The first kappa shape index (κ1) is 14.1. The summed E-state index contributed by atoms with van der Waals surface area (Å²) in [5.74, 6) is 0.254. The zero-order chi connectivity index (χ0) is 15.7. The van der Waals surface area contributed by atoms with E-state index in [4.69, 9.17) is 4.74 Å². The van der Waals surface area contributed by atoms with E-state index in [0.717, 1.165) is 5.56 Å². The highest BCUT2D eigenvalue weighted by atomic mass is 16.5. The summed E-state index contributed by atoms with van der Waals surface area (Å²) in [6.07, 6.45) is 3.17. The van der Waals surface area contributed by atoms with Crippen LogP contribution in [0.2, 0.25) is 0 Å². The summed E-state index contributed by atoms with van der Waals surface area (Å²) in [6, 6.07) is 5.25. The number of amides is 2. The van der Waals surface area contributed by atoms with Gasteiger partial charge in [-0.25, -0.2) is 0 Å². The monoisotopic (exact) mass is 300 g/mol. The van der Waals surface area contributed by atoms with Crippen molar-refractivity contribution in [3.05, 3.63) is 41.7 Å². The fourth-order valence-electron chi connectivity index (χ4n) is 2.27. The van der Waals surface area contributed by atoms with Crippen LogP contribution in [0.4, 0.5) is 5.69 Å². The number of anilines is 1. The zero-order valence-electron chi connectivity index (χ0n) is 12.3. The highest BCUT2D eigenvalue weighted by molar-refractivity contribution is 5.96. The zero-order valence-corrected chi connectivity index (χ0v) is 12.3. The maximum absolute atomic E-state index is 12.1. The number of benzene rings is 1. The molecule has 1 aromatic carbocycles. The van der Waals surface area contributed by atoms with Gasteiger partial charge in [0.1, 0.15) is 5.75 Å². The van der Waals surface area contributed by atoms with Crippen LogP contribution in [0.5, 0.6) is 5.75 Å². The molecule has 0 aliphatic carbocycles. The lowest BCUT2D eigenvalue weighted by Gasteiger charge is -2.20. The molecule has 22 heavy (non-hydrogen) atoms. The van der Waals surface area contributed by atoms with Gasteiger partial charge in [-0.1, -0.05) is 6.07 Å². The number of ether oxygens (including phenoxy) is 1. The highest BCUT2D eigenvalue weighted by Gasteiger charge is 2.18. The second-order valence-corrected chi connectivity index (χ2v) is 5.19. The highest BCUT2D eigenvalue weighted by Crippen LogP contribution is 2.30. The number of carbonyl (C=O) groups excluding carboxylic acids is 2. The minimum absolute atomic E-state index is 0.0274. The van der Waals surface area contributed by atoms with E-state index in [9.17, 15) is 9.59 Å². The normalized spacial score (nSPS) is 14.5. The number of aryl methyl sites for hydroxylation is 1. The molecule has 1 unspecified atom stereocenters. The van der Waals surface area contributed by atoms with E-state index in [1.807, 2.05) is 13.0 Å². The number of hydrogen-bond donors (Lipinski definition) is 2. The van der Waals surface area contributed by atoms with E-state index in [1.165, 1.54) is 6.20 Å². The van der Waals surface area contributed by atoms with Crippen LogP contribution in [-0.2, 0) is 11.8 Å². The Balaban J connectivity index is 1.75. The predicted molar refractivity (Wildman–Crippen MR) is 79.7 cm³/mol. The van der Waals surface area contributed by atoms with Gasteiger partial charge >= 0.3 is 0 Å². The number of hydrogen-bond acceptors (Lipinski definition) is 4. The standard InChI is InChI=1S/C15H16N4O3/c1-9(17-15(21)11-6-16-19(2)7-11)10-3-4-13-12(5-10)18-14(20)8-22-13/h3-7,9H,8H2,1-2H3,(H,17,21)(H,18,20). The SMILES string of the molecule is CC(NC(=O)c1cnn(C)c1)c1ccc2c(c1)NC(=O)CO2. The Bertz CT molecular complexity index is 738. The Morgan fingerprint density at radius 1 is 1.50 bits per heavy atom. The molecule has 2 amide bonds. The average molecular weight is 300 g/mol. The Morgan fingerprint density at radius 2 is 2.32 bits per heavy atom.